The maximum absolute atomic E-state index is 12.4. The molecule has 1 amide bonds. The number of nitrogens with one attached hydrogen (secondary N) is 1. The Morgan fingerprint density at radius 1 is 1.29 bits per heavy atom. The summed E-state index contributed by atoms with van der Waals surface area (Å²) in [5.74, 6) is 0.318. The molecule has 3 rings (SSSR count). The smallest absolute Gasteiger partial charge is 0.268 e. The van der Waals surface area contributed by atoms with Crippen LogP contribution in [0.2, 0.25) is 0 Å². The van der Waals surface area contributed by atoms with Crippen LogP contribution in [0.5, 0.6) is 5.75 Å². The van der Waals surface area contributed by atoms with Gasteiger partial charge in [0.05, 0.1) is 7.11 Å². The standard InChI is InChI=1S/C21H20N4O2S/c1-13-9-16(15(3)25(13)18-5-7-19(27-4)8-6-18)10-17(11-22)20(26)24-21-23-12-14(2)28-21/h5-10,12H,1-4H3,(H,23,24,26)/b17-10-. The minimum atomic E-state index is -0.467. The summed E-state index contributed by atoms with van der Waals surface area (Å²) in [5, 5.41) is 12.6. The lowest BCUT2D eigenvalue weighted by molar-refractivity contribution is -0.112. The maximum Gasteiger partial charge on any atom is 0.268 e. The van der Waals surface area contributed by atoms with Gasteiger partial charge in [-0.25, -0.2) is 4.98 Å². The number of carbonyl (C=O) groups excluding carboxylic acids is 1. The van der Waals surface area contributed by atoms with Crippen molar-refractivity contribution in [2.24, 2.45) is 0 Å². The van der Waals surface area contributed by atoms with Gasteiger partial charge in [0.25, 0.3) is 5.91 Å². The number of aryl methyl sites for hydroxylation is 2. The lowest BCUT2D eigenvalue weighted by Gasteiger charge is -2.10. The van der Waals surface area contributed by atoms with Crippen LogP contribution in [-0.4, -0.2) is 22.6 Å². The van der Waals surface area contributed by atoms with Crippen LogP contribution in [0.25, 0.3) is 11.8 Å². The Morgan fingerprint density at radius 2 is 2.00 bits per heavy atom. The van der Waals surface area contributed by atoms with E-state index in [4.69, 9.17) is 4.74 Å². The first-order chi connectivity index (χ1) is 13.4. The highest BCUT2D eigenvalue weighted by Gasteiger charge is 2.15. The van der Waals surface area contributed by atoms with Crippen LogP contribution in [0.1, 0.15) is 21.8 Å². The van der Waals surface area contributed by atoms with Crippen LogP contribution in [0.4, 0.5) is 5.13 Å². The molecule has 0 spiro atoms. The van der Waals surface area contributed by atoms with Crippen molar-refractivity contribution in [3.05, 3.63) is 63.9 Å². The number of thiazole rings is 1. The average molecular weight is 392 g/mol. The third kappa shape index (κ3) is 3.97. The summed E-state index contributed by atoms with van der Waals surface area (Å²) in [6.45, 7) is 5.85. The number of methoxy groups -OCH3 is 1. The highest BCUT2D eigenvalue weighted by atomic mass is 32.1. The number of amides is 1. The van der Waals surface area contributed by atoms with Crippen LogP contribution >= 0.6 is 11.3 Å². The van der Waals surface area contributed by atoms with Gasteiger partial charge in [-0.2, -0.15) is 5.26 Å². The van der Waals surface area contributed by atoms with Gasteiger partial charge in [0.2, 0.25) is 0 Å². The van der Waals surface area contributed by atoms with E-state index in [2.05, 4.69) is 14.9 Å². The highest BCUT2D eigenvalue weighted by molar-refractivity contribution is 7.15. The number of anilines is 1. The van der Waals surface area contributed by atoms with Gasteiger partial charge >= 0.3 is 0 Å². The Kier molecular flexibility index (Phi) is 5.62. The van der Waals surface area contributed by atoms with Crippen molar-refractivity contribution in [1.29, 1.82) is 5.26 Å². The van der Waals surface area contributed by atoms with Crippen molar-refractivity contribution in [2.45, 2.75) is 20.8 Å². The summed E-state index contributed by atoms with van der Waals surface area (Å²) in [6.07, 6.45) is 3.29. The number of nitrogens with zero attached hydrogens (tertiary/aromatic N) is 3. The summed E-state index contributed by atoms with van der Waals surface area (Å²) in [7, 11) is 1.63. The van der Waals surface area contributed by atoms with Crippen molar-refractivity contribution in [2.75, 3.05) is 12.4 Å². The normalized spacial score (nSPS) is 11.2. The molecule has 0 saturated heterocycles. The third-order valence-electron chi connectivity index (χ3n) is 4.31. The molecular weight excluding hydrogens is 372 g/mol. The van der Waals surface area contributed by atoms with Crippen LogP contribution in [0, 0.1) is 32.1 Å². The maximum atomic E-state index is 12.4. The van der Waals surface area contributed by atoms with E-state index in [-0.39, 0.29) is 5.57 Å². The van der Waals surface area contributed by atoms with Crippen molar-refractivity contribution < 1.29 is 9.53 Å². The quantitative estimate of drug-likeness (QED) is 0.515. The molecule has 7 heteroatoms. The molecule has 0 unspecified atom stereocenters. The van der Waals surface area contributed by atoms with Gasteiger partial charge in [-0.3, -0.25) is 10.1 Å². The fourth-order valence-electron chi connectivity index (χ4n) is 2.94. The molecule has 3 aromatic rings. The molecule has 0 aliphatic carbocycles. The number of aromatic nitrogens is 2. The van der Waals surface area contributed by atoms with Crippen molar-refractivity contribution in [3.63, 3.8) is 0 Å². The van der Waals surface area contributed by atoms with E-state index in [1.165, 1.54) is 11.3 Å². The van der Waals surface area contributed by atoms with E-state index in [1.54, 1.807) is 19.4 Å². The Balaban J connectivity index is 1.91. The number of carbonyl (C=O) groups is 1. The zero-order valence-electron chi connectivity index (χ0n) is 16.1. The van der Waals surface area contributed by atoms with Gasteiger partial charge in [0, 0.05) is 28.1 Å². The molecule has 0 aliphatic rings. The highest BCUT2D eigenvalue weighted by Crippen LogP contribution is 2.25. The number of hydrogen-bond acceptors (Lipinski definition) is 5. The summed E-state index contributed by atoms with van der Waals surface area (Å²) in [5.41, 5.74) is 3.77. The third-order valence-corrected chi connectivity index (χ3v) is 5.14. The van der Waals surface area contributed by atoms with Crippen molar-refractivity contribution >= 4 is 28.5 Å². The SMILES string of the molecule is COc1ccc(-n2c(C)cc(/C=C(/C#N)C(=O)Nc3ncc(C)s3)c2C)cc1. The Bertz CT molecular complexity index is 1080. The molecule has 6 nitrogen and oxygen atoms in total. The van der Waals surface area contributed by atoms with Crippen LogP contribution < -0.4 is 10.1 Å². The Morgan fingerprint density at radius 3 is 2.57 bits per heavy atom. The van der Waals surface area contributed by atoms with E-state index in [9.17, 15) is 10.1 Å². The fraction of sp³-hybridized carbons (Fsp3) is 0.190. The van der Waals surface area contributed by atoms with Gasteiger partial charge in [-0.05, 0) is 62.7 Å². The lowest BCUT2D eigenvalue weighted by atomic mass is 10.1. The molecular formula is C21H20N4O2S. The van der Waals surface area contributed by atoms with Crippen molar-refractivity contribution in [3.8, 4) is 17.5 Å². The van der Waals surface area contributed by atoms with Gasteiger partial charge in [0.15, 0.2) is 5.13 Å². The minimum Gasteiger partial charge on any atom is -0.497 e. The molecule has 0 bridgehead atoms. The summed E-state index contributed by atoms with van der Waals surface area (Å²) < 4.78 is 7.28. The molecule has 28 heavy (non-hydrogen) atoms. The number of benzene rings is 1. The van der Waals surface area contributed by atoms with Crippen LogP contribution in [0.15, 0.2) is 42.1 Å². The van der Waals surface area contributed by atoms with E-state index >= 15 is 0 Å². The first kappa shape index (κ1) is 19.4. The largest absolute Gasteiger partial charge is 0.497 e. The van der Waals surface area contributed by atoms with Crippen LogP contribution in [-0.2, 0) is 4.79 Å². The number of hydrogen-bond donors (Lipinski definition) is 1. The average Bonchev–Trinajstić information content (AvgIpc) is 3.21. The summed E-state index contributed by atoms with van der Waals surface area (Å²) in [6, 6.07) is 11.7. The number of ether oxygens (including phenoxy) is 1. The molecule has 0 saturated carbocycles. The van der Waals surface area contributed by atoms with E-state index in [1.807, 2.05) is 57.2 Å². The molecule has 2 heterocycles. The number of nitriles is 1. The fourth-order valence-corrected chi connectivity index (χ4v) is 3.60. The minimum absolute atomic E-state index is 0.0304. The predicted octanol–water partition coefficient (Wildman–Crippen LogP) is 4.41. The molecule has 1 aromatic carbocycles. The zero-order valence-corrected chi connectivity index (χ0v) is 16.9. The zero-order chi connectivity index (χ0) is 20.3. The first-order valence-electron chi connectivity index (χ1n) is 8.62. The monoisotopic (exact) mass is 392 g/mol. The second-order valence-electron chi connectivity index (χ2n) is 6.26. The van der Waals surface area contributed by atoms with E-state index < -0.39 is 5.91 Å². The topological polar surface area (TPSA) is 79.9 Å². The Hall–Kier alpha value is -3.37. The van der Waals surface area contributed by atoms with Gasteiger partial charge in [0.1, 0.15) is 17.4 Å². The molecule has 2 aromatic heterocycles. The van der Waals surface area contributed by atoms with Gasteiger partial charge < -0.3 is 9.30 Å². The molecule has 1 N–H and O–H groups in total. The Labute approximate surface area is 167 Å². The summed E-state index contributed by atoms with van der Waals surface area (Å²) >= 11 is 1.37. The van der Waals surface area contributed by atoms with Crippen LogP contribution in [0.3, 0.4) is 0 Å². The molecule has 0 fully saturated rings. The van der Waals surface area contributed by atoms with E-state index in [0.717, 1.165) is 33.3 Å². The van der Waals surface area contributed by atoms with Crippen molar-refractivity contribution in [1.82, 2.24) is 9.55 Å². The summed E-state index contributed by atoms with van der Waals surface area (Å²) in [4.78, 5) is 17.5. The van der Waals surface area contributed by atoms with Gasteiger partial charge in [-0.1, -0.05) is 0 Å². The second kappa shape index (κ2) is 8.11. The van der Waals surface area contributed by atoms with E-state index in [0.29, 0.717) is 5.13 Å². The number of rotatable bonds is 5. The lowest BCUT2D eigenvalue weighted by Crippen LogP contribution is -2.13. The molecule has 0 radical (unpaired) electrons. The molecule has 142 valence electrons. The molecule has 0 atom stereocenters. The first-order valence-corrected chi connectivity index (χ1v) is 9.43. The predicted molar refractivity (Wildman–Crippen MR) is 111 cm³/mol. The van der Waals surface area contributed by atoms with Gasteiger partial charge in [-0.15, -0.1) is 11.3 Å². The second-order valence-corrected chi connectivity index (χ2v) is 7.49. The molecule has 0 aliphatic heterocycles.